The van der Waals surface area contributed by atoms with Crippen molar-refractivity contribution in [2.24, 2.45) is 11.8 Å². The molecule has 4 aliphatic rings. The fourth-order valence-electron chi connectivity index (χ4n) is 8.28. The largest absolute Gasteiger partial charge is 0.497 e. The number of alkyl halides is 4. The Labute approximate surface area is 277 Å². The van der Waals surface area contributed by atoms with E-state index in [4.69, 9.17) is 14.3 Å². The molecule has 254 valence electrons. The van der Waals surface area contributed by atoms with Crippen LogP contribution < -0.4 is 9.64 Å². The summed E-state index contributed by atoms with van der Waals surface area (Å²) >= 11 is 0. The molecule has 1 aliphatic carbocycles. The van der Waals surface area contributed by atoms with Crippen molar-refractivity contribution in [2.45, 2.75) is 49.5 Å². The number of nitrogens with zero attached hydrogens (tertiary/aromatic N) is 3. The van der Waals surface area contributed by atoms with Crippen LogP contribution in [-0.2, 0) is 20.6 Å². The topological polar surface area (TPSA) is 70.2 Å². The molecule has 3 saturated heterocycles. The molecule has 0 spiro atoms. The Morgan fingerprint density at radius 1 is 0.875 bits per heavy atom. The molecule has 0 radical (unpaired) electrons. The van der Waals surface area contributed by atoms with Gasteiger partial charge in [-0.05, 0) is 54.3 Å². The van der Waals surface area contributed by atoms with Crippen LogP contribution in [-0.4, -0.2) is 79.9 Å². The van der Waals surface area contributed by atoms with Crippen LogP contribution in [0.4, 0.5) is 23.2 Å². The molecule has 7 rings (SSSR count). The number of hydrogen-bond donors (Lipinski definition) is 0. The lowest BCUT2D eigenvalue weighted by molar-refractivity contribution is -0.191. The highest BCUT2D eigenvalue weighted by molar-refractivity contribution is 5.88. The van der Waals surface area contributed by atoms with E-state index in [0.29, 0.717) is 50.1 Å². The van der Waals surface area contributed by atoms with E-state index in [2.05, 4.69) is 9.80 Å². The zero-order chi connectivity index (χ0) is 34.1. The first kappa shape index (κ1) is 33.7. The first-order valence-corrected chi connectivity index (χ1v) is 16.4. The van der Waals surface area contributed by atoms with E-state index >= 15 is 4.39 Å². The molecule has 48 heavy (non-hydrogen) atoms. The molecule has 3 aromatic carbocycles. The quantitative estimate of drug-likeness (QED) is 0.283. The molecular weight excluding hydrogens is 626 g/mol. The highest BCUT2D eigenvalue weighted by Gasteiger charge is 2.58. The number of amides is 1. The maximum Gasteiger partial charge on any atom is 0.416 e. The lowest BCUT2D eigenvalue weighted by atomic mass is 9.85. The number of carbonyl (C=O) groups is 1. The van der Waals surface area contributed by atoms with E-state index in [0.717, 1.165) is 48.6 Å². The first-order valence-electron chi connectivity index (χ1n) is 16.4. The van der Waals surface area contributed by atoms with Gasteiger partial charge < -0.3 is 14.5 Å². The van der Waals surface area contributed by atoms with E-state index in [1.165, 1.54) is 6.07 Å². The predicted octanol–water partition coefficient (Wildman–Crippen LogP) is 6.44. The Kier molecular flexibility index (Phi) is 9.63. The molecule has 3 aromatic rings. The summed E-state index contributed by atoms with van der Waals surface area (Å²) in [7, 11) is 1.60. The summed E-state index contributed by atoms with van der Waals surface area (Å²) < 4.78 is 63.6. The number of carbonyl (C=O) groups excluding carboxylic acids is 3. The second-order valence-corrected chi connectivity index (χ2v) is 13.4. The number of fused-ring (bicyclic) bond motifs is 1. The maximum atomic E-state index is 17.3. The molecule has 0 aromatic heterocycles. The molecule has 7 nitrogen and oxygen atoms in total. The first-order chi connectivity index (χ1) is 23.0. The van der Waals surface area contributed by atoms with E-state index in [-0.39, 0.29) is 24.5 Å². The van der Waals surface area contributed by atoms with Crippen molar-refractivity contribution in [1.29, 1.82) is 0 Å². The molecule has 1 amide bonds. The van der Waals surface area contributed by atoms with Crippen LogP contribution in [0, 0.1) is 11.8 Å². The second-order valence-electron chi connectivity index (χ2n) is 13.4. The average Bonchev–Trinajstić information content (AvgIpc) is 3.89. The standard InChI is InChI=1S/C36H39F4N3O2.CO2/c1-45-30-14-11-25(12-15-30)32-22-43(29-9-5-6-10-29)23-35(32,37)34(44)42-20-26-18-41(19-27(26)21-42)33-16-13-28(36(38,39)40)17-31(33)24-7-3-2-4-8-24;2-1-3/h2-4,7-8,11-17,26-27,29,32H,5-6,9-10,18-23H2,1H3;/t26-,27+,32-,35-;/m0./s1. The number of rotatable bonds is 6. The van der Waals surface area contributed by atoms with E-state index < -0.39 is 29.2 Å². The normalized spacial score (nSPS) is 25.8. The number of anilines is 1. The van der Waals surface area contributed by atoms with Crippen LogP contribution in [0.3, 0.4) is 0 Å². The molecule has 3 heterocycles. The molecule has 1 saturated carbocycles. The van der Waals surface area contributed by atoms with E-state index in [1.807, 2.05) is 54.6 Å². The Morgan fingerprint density at radius 2 is 1.50 bits per heavy atom. The monoisotopic (exact) mass is 665 g/mol. The Morgan fingerprint density at radius 3 is 2.08 bits per heavy atom. The zero-order valence-corrected chi connectivity index (χ0v) is 26.8. The van der Waals surface area contributed by atoms with Gasteiger partial charge in [-0.25, -0.2) is 4.39 Å². The van der Waals surface area contributed by atoms with Crippen LogP contribution in [0.1, 0.15) is 42.7 Å². The number of methoxy groups -OCH3 is 1. The molecule has 0 N–H and O–H groups in total. The lowest BCUT2D eigenvalue weighted by Crippen LogP contribution is -2.50. The van der Waals surface area contributed by atoms with Gasteiger partial charge in [-0.15, -0.1) is 0 Å². The molecule has 4 fully saturated rings. The minimum absolute atomic E-state index is 0.108. The van der Waals surface area contributed by atoms with Gasteiger partial charge >= 0.3 is 12.3 Å². The highest BCUT2D eigenvalue weighted by atomic mass is 19.4. The fourth-order valence-corrected chi connectivity index (χ4v) is 8.28. The molecule has 0 unspecified atom stereocenters. The van der Waals surface area contributed by atoms with Crippen LogP contribution in [0.5, 0.6) is 5.75 Å². The number of likely N-dealkylation sites (tertiary alicyclic amines) is 2. The number of halogens is 4. The maximum absolute atomic E-state index is 17.3. The Bertz CT molecular complexity index is 1610. The van der Waals surface area contributed by atoms with Gasteiger partial charge in [0.1, 0.15) is 5.75 Å². The van der Waals surface area contributed by atoms with E-state index in [9.17, 15) is 18.0 Å². The van der Waals surface area contributed by atoms with Gasteiger partial charge in [-0.3, -0.25) is 9.69 Å². The van der Waals surface area contributed by atoms with Gasteiger partial charge in [-0.2, -0.15) is 22.8 Å². The van der Waals surface area contributed by atoms with E-state index in [1.54, 1.807) is 18.1 Å². The van der Waals surface area contributed by atoms with Crippen LogP contribution in [0.15, 0.2) is 72.8 Å². The zero-order valence-electron chi connectivity index (χ0n) is 26.8. The van der Waals surface area contributed by atoms with Gasteiger partial charge in [0.2, 0.25) is 5.67 Å². The van der Waals surface area contributed by atoms with Crippen molar-refractivity contribution in [3.63, 3.8) is 0 Å². The highest BCUT2D eigenvalue weighted by Crippen LogP contribution is 2.46. The predicted molar refractivity (Wildman–Crippen MR) is 171 cm³/mol. The number of benzene rings is 3. The van der Waals surface area contributed by atoms with Crippen LogP contribution in [0.2, 0.25) is 0 Å². The summed E-state index contributed by atoms with van der Waals surface area (Å²) in [6, 6.07) is 20.8. The van der Waals surface area contributed by atoms with Gasteiger partial charge in [0, 0.05) is 74.3 Å². The van der Waals surface area contributed by atoms with Gasteiger partial charge in [-0.1, -0.05) is 55.3 Å². The summed E-state index contributed by atoms with van der Waals surface area (Å²) in [4.78, 5) is 36.5. The minimum Gasteiger partial charge on any atom is -0.497 e. The molecule has 3 aliphatic heterocycles. The summed E-state index contributed by atoms with van der Waals surface area (Å²) in [6.07, 6.45) is 0.164. The summed E-state index contributed by atoms with van der Waals surface area (Å²) in [5.41, 5.74) is 0.137. The fraction of sp³-hybridized carbons (Fsp3) is 0.459. The van der Waals surface area contributed by atoms with Crippen molar-refractivity contribution in [1.82, 2.24) is 9.80 Å². The third kappa shape index (κ3) is 6.58. The molecular formula is C37H39F4N3O4. The second kappa shape index (κ2) is 13.7. The average molecular weight is 666 g/mol. The molecule has 4 atom stereocenters. The van der Waals surface area contributed by atoms with Gasteiger partial charge in [0.25, 0.3) is 5.91 Å². The van der Waals surface area contributed by atoms with Crippen molar-refractivity contribution in [3.8, 4) is 16.9 Å². The van der Waals surface area contributed by atoms with Crippen LogP contribution >= 0.6 is 0 Å². The van der Waals surface area contributed by atoms with Crippen LogP contribution in [0.25, 0.3) is 11.1 Å². The smallest absolute Gasteiger partial charge is 0.416 e. The lowest BCUT2D eigenvalue weighted by Gasteiger charge is -2.32. The third-order valence-corrected chi connectivity index (χ3v) is 10.6. The van der Waals surface area contributed by atoms with Crippen molar-refractivity contribution < 1.29 is 36.7 Å². The number of ether oxygens (including phenoxy) is 1. The minimum atomic E-state index is -4.44. The Balaban J connectivity index is 0.00000129. The molecule has 11 heteroatoms. The Hall–Kier alpha value is -4.21. The van der Waals surface area contributed by atoms with Crippen molar-refractivity contribution in [3.05, 3.63) is 83.9 Å². The van der Waals surface area contributed by atoms with Crippen molar-refractivity contribution >= 4 is 17.7 Å². The van der Waals surface area contributed by atoms with Gasteiger partial charge in [0.15, 0.2) is 0 Å². The van der Waals surface area contributed by atoms with Gasteiger partial charge in [0.05, 0.1) is 12.7 Å². The summed E-state index contributed by atoms with van der Waals surface area (Å²) in [5.74, 6) is -0.0515. The SMILES string of the molecule is COc1ccc([C@@H]2CN(C3CCCC3)C[C@@]2(F)C(=O)N2C[C@@H]3CN(c4ccc(C(F)(F)F)cc4-c4ccccc4)C[C@@H]3C2)cc1.O=C=O. The number of hydrogen-bond acceptors (Lipinski definition) is 6. The molecule has 0 bridgehead atoms. The van der Waals surface area contributed by atoms with Crippen molar-refractivity contribution in [2.75, 3.05) is 51.3 Å². The summed E-state index contributed by atoms with van der Waals surface area (Å²) in [6.45, 7) is 2.74. The third-order valence-electron chi connectivity index (χ3n) is 10.6. The summed E-state index contributed by atoms with van der Waals surface area (Å²) in [5, 5.41) is 0.